The number of thiophene rings is 1. The zero-order chi connectivity index (χ0) is 7.14. The maximum absolute atomic E-state index is 5.15. The molecule has 2 heterocycles. The zero-order valence-electron chi connectivity index (χ0n) is 5.56. The normalized spacial score (nSPS) is 23.2. The van der Waals surface area contributed by atoms with Crippen LogP contribution in [0.2, 0.25) is 0 Å². The van der Waals surface area contributed by atoms with Crippen molar-refractivity contribution in [1.29, 1.82) is 0 Å². The highest BCUT2D eigenvalue weighted by atomic mass is 79.9. The van der Waals surface area contributed by atoms with Crippen LogP contribution in [0.1, 0.15) is 15.9 Å². The van der Waals surface area contributed by atoms with Crippen molar-refractivity contribution in [3.05, 3.63) is 20.3 Å². The Morgan fingerprint density at radius 1 is 1.80 bits per heavy atom. The van der Waals surface area contributed by atoms with E-state index in [-0.39, 0.29) is 0 Å². The van der Waals surface area contributed by atoms with Crippen LogP contribution in [0.25, 0.3) is 0 Å². The summed E-state index contributed by atoms with van der Waals surface area (Å²) < 4.78 is 6.36. The summed E-state index contributed by atoms with van der Waals surface area (Å²) in [5.41, 5.74) is 0. The lowest BCUT2D eigenvalue weighted by molar-refractivity contribution is 0.418. The van der Waals surface area contributed by atoms with Gasteiger partial charge in [0, 0.05) is 14.2 Å². The predicted molar refractivity (Wildman–Crippen MR) is 45.4 cm³/mol. The lowest BCUT2D eigenvalue weighted by Gasteiger charge is -1.80. The Labute approximate surface area is 72.1 Å². The molecule has 1 aromatic heterocycles. The number of halogens is 1. The van der Waals surface area contributed by atoms with Crippen molar-refractivity contribution in [2.24, 2.45) is 0 Å². The van der Waals surface area contributed by atoms with Crippen LogP contribution in [0.15, 0.2) is 10.5 Å². The molecule has 1 atom stereocenters. The monoisotopic (exact) mass is 218 g/mol. The first-order valence-corrected chi connectivity index (χ1v) is 4.76. The van der Waals surface area contributed by atoms with Crippen LogP contribution in [0.4, 0.5) is 0 Å². The van der Waals surface area contributed by atoms with Crippen LogP contribution in [0.3, 0.4) is 0 Å². The average Bonchev–Trinajstić information content (AvgIpc) is 2.64. The third-order valence-electron chi connectivity index (χ3n) is 1.53. The minimum atomic E-state index is 0.412. The fourth-order valence-corrected chi connectivity index (χ4v) is 2.45. The Hall–Kier alpha value is 0.140. The van der Waals surface area contributed by atoms with Gasteiger partial charge in [0.25, 0.3) is 0 Å². The number of aryl methyl sites for hydroxylation is 1. The van der Waals surface area contributed by atoms with Crippen molar-refractivity contribution in [1.82, 2.24) is 0 Å². The lowest BCUT2D eigenvalue weighted by atomic mass is 10.4. The number of rotatable bonds is 1. The van der Waals surface area contributed by atoms with E-state index in [1.165, 1.54) is 14.2 Å². The second kappa shape index (κ2) is 2.32. The first-order valence-electron chi connectivity index (χ1n) is 3.15. The van der Waals surface area contributed by atoms with E-state index in [2.05, 4.69) is 28.9 Å². The van der Waals surface area contributed by atoms with Crippen molar-refractivity contribution >= 4 is 27.3 Å². The van der Waals surface area contributed by atoms with E-state index in [0.29, 0.717) is 6.10 Å². The van der Waals surface area contributed by atoms with Gasteiger partial charge in [-0.2, -0.15) is 0 Å². The van der Waals surface area contributed by atoms with E-state index in [4.69, 9.17) is 4.74 Å². The molecule has 0 unspecified atom stereocenters. The van der Waals surface area contributed by atoms with Crippen LogP contribution in [0.5, 0.6) is 0 Å². The van der Waals surface area contributed by atoms with Crippen LogP contribution < -0.4 is 0 Å². The van der Waals surface area contributed by atoms with Crippen LogP contribution in [0, 0.1) is 6.92 Å². The quantitative estimate of drug-likeness (QED) is 0.661. The number of ether oxygens (including phenoxy) is 1. The first kappa shape index (κ1) is 6.83. The highest BCUT2D eigenvalue weighted by Crippen LogP contribution is 2.38. The van der Waals surface area contributed by atoms with Gasteiger partial charge >= 0.3 is 0 Å². The van der Waals surface area contributed by atoms with Gasteiger partial charge in [0.15, 0.2) is 0 Å². The molecule has 0 aliphatic carbocycles. The zero-order valence-corrected chi connectivity index (χ0v) is 7.96. The summed E-state index contributed by atoms with van der Waals surface area (Å²) in [6.07, 6.45) is 0.412. The maximum Gasteiger partial charge on any atom is 0.115 e. The highest BCUT2D eigenvalue weighted by molar-refractivity contribution is 9.10. The predicted octanol–water partition coefficient (Wildman–Crippen LogP) is 2.89. The third kappa shape index (κ3) is 1.13. The largest absolute Gasteiger partial charge is 0.367 e. The third-order valence-corrected chi connectivity index (χ3v) is 3.76. The number of hydrogen-bond donors (Lipinski definition) is 0. The molecule has 0 saturated carbocycles. The second-order valence-corrected chi connectivity index (χ2v) is 4.52. The van der Waals surface area contributed by atoms with Gasteiger partial charge in [0.05, 0.1) is 6.61 Å². The molecule has 0 N–H and O–H groups in total. The van der Waals surface area contributed by atoms with Crippen molar-refractivity contribution in [2.45, 2.75) is 13.0 Å². The minimum Gasteiger partial charge on any atom is -0.367 e. The van der Waals surface area contributed by atoms with Gasteiger partial charge in [-0.3, -0.25) is 0 Å². The first-order chi connectivity index (χ1) is 4.77. The Balaban J connectivity index is 2.34. The van der Waals surface area contributed by atoms with Crippen LogP contribution >= 0.6 is 27.3 Å². The van der Waals surface area contributed by atoms with E-state index < -0.39 is 0 Å². The summed E-state index contributed by atoms with van der Waals surface area (Å²) >= 11 is 5.28. The standard InChI is InChI=1S/C7H7BrOS/c1-4-5(8)2-7(10-4)6-3-9-6/h2,6H,3H2,1H3/t6-/m1/s1. The topological polar surface area (TPSA) is 12.5 Å². The minimum absolute atomic E-state index is 0.412. The molecule has 54 valence electrons. The molecular formula is C7H7BrOS. The van der Waals surface area contributed by atoms with Crippen molar-refractivity contribution in [3.8, 4) is 0 Å². The van der Waals surface area contributed by atoms with Gasteiger partial charge in [0.1, 0.15) is 6.10 Å². The molecule has 0 bridgehead atoms. The van der Waals surface area contributed by atoms with E-state index >= 15 is 0 Å². The number of hydrogen-bond acceptors (Lipinski definition) is 2. The molecule has 1 nitrogen and oxygen atoms in total. The molecule has 0 aromatic carbocycles. The van der Waals surface area contributed by atoms with Gasteiger partial charge < -0.3 is 4.74 Å². The Morgan fingerprint density at radius 3 is 2.90 bits per heavy atom. The molecule has 1 aliphatic rings. The molecule has 1 fully saturated rings. The smallest absolute Gasteiger partial charge is 0.115 e. The summed E-state index contributed by atoms with van der Waals surface area (Å²) in [6.45, 7) is 3.02. The van der Waals surface area contributed by atoms with E-state index in [1.807, 2.05) is 11.3 Å². The van der Waals surface area contributed by atoms with Gasteiger partial charge in [-0.25, -0.2) is 0 Å². The van der Waals surface area contributed by atoms with Crippen molar-refractivity contribution < 1.29 is 4.74 Å². The summed E-state index contributed by atoms with van der Waals surface area (Å²) in [6, 6.07) is 2.15. The van der Waals surface area contributed by atoms with Crippen molar-refractivity contribution in [3.63, 3.8) is 0 Å². The van der Waals surface area contributed by atoms with Crippen LogP contribution in [-0.2, 0) is 4.74 Å². The molecule has 1 aliphatic heterocycles. The second-order valence-electron chi connectivity index (χ2n) is 2.37. The fourth-order valence-electron chi connectivity index (χ4n) is 0.853. The average molecular weight is 219 g/mol. The summed E-state index contributed by atoms with van der Waals surface area (Å²) in [5, 5.41) is 0. The maximum atomic E-state index is 5.15. The van der Waals surface area contributed by atoms with E-state index in [9.17, 15) is 0 Å². The van der Waals surface area contributed by atoms with Gasteiger partial charge in [0.2, 0.25) is 0 Å². The van der Waals surface area contributed by atoms with Gasteiger partial charge in [-0.15, -0.1) is 11.3 Å². The summed E-state index contributed by atoms with van der Waals surface area (Å²) in [5.74, 6) is 0. The summed E-state index contributed by atoms with van der Waals surface area (Å²) in [7, 11) is 0. The van der Waals surface area contributed by atoms with E-state index in [0.717, 1.165) is 6.61 Å². The molecule has 0 radical (unpaired) electrons. The summed E-state index contributed by atoms with van der Waals surface area (Å²) in [4.78, 5) is 2.69. The SMILES string of the molecule is Cc1sc([C@H]2CO2)cc1Br. The molecule has 0 spiro atoms. The molecule has 1 saturated heterocycles. The lowest BCUT2D eigenvalue weighted by Crippen LogP contribution is -1.66. The Morgan fingerprint density at radius 2 is 2.50 bits per heavy atom. The van der Waals surface area contributed by atoms with E-state index in [1.54, 1.807) is 0 Å². The fraction of sp³-hybridized carbons (Fsp3) is 0.429. The molecule has 10 heavy (non-hydrogen) atoms. The molecular weight excluding hydrogens is 212 g/mol. The molecule has 0 amide bonds. The molecule has 3 heteroatoms. The van der Waals surface area contributed by atoms with Crippen LogP contribution in [-0.4, -0.2) is 6.61 Å². The van der Waals surface area contributed by atoms with Crippen molar-refractivity contribution in [2.75, 3.05) is 6.61 Å². The highest BCUT2D eigenvalue weighted by Gasteiger charge is 2.26. The number of epoxide rings is 1. The molecule has 2 rings (SSSR count). The van der Waals surface area contributed by atoms with Gasteiger partial charge in [-0.05, 0) is 28.9 Å². The Bertz CT molecular complexity index is 233. The molecule has 1 aromatic rings. The Kier molecular flexibility index (Phi) is 1.59. The van der Waals surface area contributed by atoms with Gasteiger partial charge in [-0.1, -0.05) is 0 Å².